The highest BCUT2D eigenvalue weighted by Gasteiger charge is 2.34. The molecule has 1 atom stereocenters. The number of nitrogens with zero attached hydrogens (tertiary/aromatic N) is 2. The molecule has 1 saturated heterocycles. The number of nitrogens with one attached hydrogen (secondary N) is 1. The SMILES string of the molecule is COc1ccc(C(=O)NC(C(=O)N2CCN(S(=O)(=O)c3ccc(Cl)cc3)CC2)C(C)C)cc1. The summed E-state index contributed by atoms with van der Waals surface area (Å²) in [5.74, 6) is -0.0888. The van der Waals surface area contributed by atoms with Crippen molar-refractivity contribution in [1.82, 2.24) is 14.5 Å². The van der Waals surface area contributed by atoms with Crippen LogP contribution in [0.3, 0.4) is 0 Å². The molecule has 1 fully saturated rings. The number of halogens is 1. The number of rotatable bonds is 7. The van der Waals surface area contributed by atoms with Crippen LogP contribution in [0.5, 0.6) is 5.75 Å². The van der Waals surface area contributed by atoms with E-state index in [4.69, 9.17) is 16.3 Å². The molecule has 33 heavy (non-hydrogen) atoms. The molecular formula is C23H28ClN3O5S. The molecule has 2 aromatic carbocycles. The lowest BCUT2D eigenvalue weighted by atomic mass is 10.0. The van der Waals surface area contributed by atoms with E-state index in [-0.39, 0.29) is 48.8 Å². The van der Waals surface area contributed by atoms with Gasteiger partial charge in [0.25, 0.3) is 5.91 Å². The molecule has 0 saturated carbocycles. The summed E-state index contributed by atoms with van der Waals surface area (Å²) in [5, 5.41) is 3.28. The van der Waals surface area contributed by atoms with Crippen molar-refractivity contribution in [2.75, 3.05) is 33.3 Å². The van der Waals surface area contributed by atoms with Gasteiger partial charge in [0.15, 0.2) is 0 Å². The zero-order valence-electron chi connectivity index (χ0n) is 18.8. The van der Waals surface area contributed by atoms with Crippen LogP contribution in [0.15, 0.2) is 53.4 Å². The lowest BCUT2D eigenvalue weighted by molar-refractivity contribution is -0.135. The van der Waals surface area contributed by atoms with Gasteiger partial charge in [-0.3, -0.25) is 9.59 Å². The summed E-state index contributed by atoms with van der Waals surface area (Å²) in [6.07, 6.45) is 0. The van der Waals surface area contributed by atoms with Gasteiger partial charge in [-0.05, 0) is 54.4 Å². The number of benzene rings is 2. The van der Waals surface area contributed by atoms with Gasteiger partial charge in [0.05, 0.1) is 12.0 Å². The van der Waals surface area contributed by atoms with Crippen molar-refractivity contribution in [3.63, 3.8) is 0 Å². The van der Waals surface area contributed by atoms with Gasteiger partial charge < -0.3 is 15.0 Å². The molecule has 2 aromatic rings. The molecule has 1 N–H and O–H groups in total. The first-order valence-electron chi connectivity index (χ1n) is 10.6. The molecule has 0 aliphatic carbocycles. The summed E-state index contributed by atoms with van der Waals surface area (Å²) >= 11 is 5.86. The summed E-state index contributed by atoms with van der Waals surface area (Å²) in [6, 6.07) is 11.9. The molecule has 0 bridgehead atoms. The second-order valence-electron chi connectivity index (χ2n) is 8.11. The van der Waals surface area contributed by atoms with Gasteiger partial charge in [-0.2, -0.15) is 4.31 Å². The molecule has 178 valence electrons. The third-order valence-corrected chi connectivity index (χ3v) is 7.74. The summed E-state index contributed by atoms with van der Waals surface area (Å²) in [7, 11) is -2.12. The van der Waals surface area contributed by atoms with Crippen molar-refractivity contribution in [1.29, 1.82) is 0 Å². The molecule has 2 amide bonds. The van der Waals surface area contributed by atoms with Gasteiger partial charge in [-0.1, -0.05) is 25.4 Å². The van der Waals surface area contributed by atoms with Crippen LogP contribution in [-0.2, 0) is 14.8 Å². The van der Waals surface area contributed by atoms with Crippen LogP contribution in [0, 0.1) is 5.92 Å². The lowest BCUT2D eigenvalue weighted by Crippen LogP contribution is -2.57. The Kier molecular flexibility index (Phi) is 7.99. The fraction of sp³-hybridized carbons (Fsp3) is 0.391. The zero-order chi connectivity index (χ0) is 24.2. The Morgan fingerprint density at radius 1 is 0.970 bits per heavy atom. The van der Waals surface area contributed by atoms with Gasteiger partial charge >= 0.3 is 0 Å². The number of hydrogen-bond acceptors (Lipinski definition) is 5. The Hall–Kier alpha value is -2.62. The molecule has 3 rings (SSSR count). The summed E-state index contributed by atoms with van der Waals surface area (Å²) in [4.78, 5) is 27.6. The van der Waals surface area contributed by atoms with Crippen molar-refractivity contribution in [2.24, 2.45) is 5.92 Å². The van der Waals surface area contributed by atoms with Crippen LogP contribution >= 0.6 is 11.6 Å². The van der Waals surface area contributed by atoms with E-state index in [1.807, 2.05) is 13.8 Å². The van der Waals surface area contributed by atoms with E-state index < -0.39 is 16.1 Å². The first kappa shape index (κ1) is 25.0. The maximum atomic E-state index is 13.2. The Balaban J connectivity index is 1.64. The molecule has 0 radical (unpaired) electrons. The number of hydrogen-bond donors (Lipinski definition) is 1. The maximum Gasteiger partial charge on any atom is 0.251 e. The van der Waals surface area contributed by atoms with E-state index >= 15 is 0 Å². The van der Waals surface area contributed by atoms with E-state index in [2.05, 4.69) is 5.32 Å². The Morgan fingerprint density at radius 3 is 2.06 bits per heavy atom. The van der Waals surface area contributed by atoms with Gasteiger partial charge in [0.2, 0.25) is 15.9 Å². The first-order chi connectivity index (χ1) is 15.6. The molecule has 1 aliphatic rings. The normalized spacial score (nSPS) is 15.8. The van der Waals surface area contributed by atoms with Crippen LogP contribution in [0.4, 0.5) is 0 Å². The minimum atomic E-state index is -3.67. The fourth-order valence-electron chi connectivity index (χ4n) is 3.58. The second kappa shape index (κ2) is 10.5. The van der Waals surface area contributed by atoms with Crippen molar-refractivity contribution in [3.05, 3.63) is 59.1 Å². The quantitative estimate of drug-likeness (QED) is 0.639. The number of amides is 2. The highest BCUT2D eigenvalue weighted by atomic mass is 35.5. The third-order valence-electron chi connectivity index (χ3n) is 5.57. The van der Waals surface area contributed by atoms with Crippen molar-refractivity contribution in [2.45, 2.75) is 24.8 Å². The Labute approximate surface area is 199 Å². The molecule has 10 heteroatoms. The standard InChI is InChI=1S/C23H28ClN3O5S/c1-16(2)21(25-22(28)17-4-8-19(32-3)9-5-17)23(29)26-12-14-27(15-13-26)33(30,31)20-10-6-18(24)7-11-20/h4-11,16,21H,12-15H2,1-3H3,(H,25,28). The monoisotopic (exact) mass is 493 g/mol. The number of piperazine rings is 1. The van der Waals surface area contributed by atoms with Gasteiger partial charge in [0, 0.05) is 36.8 Å². The smallest absolute Gasteiger partial charge is 0.251 e. The molecular weight excluding hydrogens is 466 g/mol. The minimum absolute atomic E-state index is 0.143. The van der Waals surface area contributed by atoms with Crippen LogP contribution in [-0.4, -0.2) is 68.8 Å². The largest absolute Gasteiger partial charge is 0.497 e. The number of carbonyl (C=O) groups is 2. The predicted octanol–water partition coefficient (Wildman–Crippen LogP) is 2.64. The van der Waals surface area contributed by atoms with E-state index in [0.717, 1.165) is 0 Å². The highest BCUT2D eigenvalue weighted by molar-refractivity contribution is 7.89. The zero-order valence-corrected chi connectivity index (χ0v) is 20.4. The second-order valence-corrected chi connectivity index (χ2v) is 10.5. The Morgan fingerprint density at radius 2 is 1.55 bits per heavy atom. The van der Waals surface area contributed by atoms with Crippen LogP contribution < -0.4 is 10.1 Å². The van der Waals surface area contributed by atoms with Crippen LogP contribution in [0.25, 0.3) is 0 Å². The highest BCUT2D eigenvalue weighted by Crippen LogP contribution is 2.21. The van der Waals surface area contributed by atoms with Crippen LogP contribution in [0.1, 0.15) is 24.2 Å². The molecule has 8 nitrogen and oxygen atoms in total. The van der Waals surface area contributed by atoms with Gasteiger partial charge in [0.1, 0.15) is 11.8 Å². The summed E-state index contributed by atoms with van der Waals surface area (Å²) < 4.78 is 32.2. The Bertz CT molecular complexity index is 1080. The predicted molar refractivity (Wildman–Crippen MR) is 126 cm³/mol. The average Bonchev–Trinajstić information content (AvgIpc) is 2.82. The third kappa shape index (κ3) is 5.85. The van der Waals surface area contributed by atoms with Gasteiger partial charge in [-0.15, -0.1) is 0 Å². The lowest BCUT2D eigenvalue weighted by Gasteiger charge is -2.36. The topological polar surface area (TPSA) is 96.0 Å². The van der Waals surface area contributed by atoms with Crippen LogP contribution in [0.2, 0.25) is 5.02 Å². The fourth-order valence-corrected chi connectivity index (χ4v) is 5.13. The van der Waals surface area contributed by atoms with E-state index in [1.165, 1.54) is 28.6 Å². The number of ether oxygens (including phenoxy) is 1. The number of carbonyl (C=O) groups excluding carboxylic acids is 2. The molecule has 0 spiro atoms. The molecule has 0 aromatic heterocycles. The van der Waals surface area contributed by atoms with Crippen molar-refractivity contribution >= 4 is 33.4 Å². The first-order valence-corrected chi connectivity index (χ1v) is 12.4. The van der Waals surface area contributed by atoms with Gasteiger partial charge in [-0.25, -0.2) is 8.42 Å². The van der Waals surface area contributed by atoms with E-state index in [0.29, 0.717) is 16.3 Å². The summed E-state index contributed by atoms with van der Waals surface area (Å²) in [5.41, 5.74) is 0.424. The maximum absolute atomic E-state index is 13.2. The molecule has 1 unspecified atom stereocenters. The summed E-state index contributed by atoms with van der Waals surface area (Å²) in [6.45, 7) is 4.55. The number of methoxy groups -OCH3 is 1. The molecule has 1 heterocycles. The van der Waals surface area contributed by atoms with Crippen molar-refractivity contribution < 1.29 is 22.7 Å². The van der Waals surface area contributed by atoms with Crippen molar-refractivity contribution in [3.8, 4) is 5.75 Å². The minimum Gasteiger partial charge on any atom is -0.497 e. The van der Waals surface area contributed by atoms with E-state index in [1.54, 1.807) is 36.3 Å². The van der Waals surface area contributed by atoms with E-state index in [9.17, 15) is 18.0 Å². The number of sulfonamides is 1. The average molecular weight is 494 g/mol. The molecule has 1 aliphatic heterocycles.